The Bertz CT molecular complexity index is 322. The van der Waals surface area contributed by atoms with Crippen LogP contribution in [0.15, 0.2) is 23.8 Å². The number of hydrogen-bond acceptors (Lipinski definition) is 0. The number of fused-ring (bicyclic) bond motifs is 1. The lowest BCUT2D eigenvalue weighted by molar-refractivity contribution is 0.632. The van der Waals surface area contributed by atoms with Gasteiger partial charge in [0.1, 0.15) is 0 Å². The van der Waals surface area contributed by atoms with E-state index in [0.717, 1.165) is 11.5 Å². The molecule has 0 spiro atoms. The van der Waals surface area contributed by atoms with Crippen LogP contribution in [0, 0.1) is 5.92 Å². The van der Waals surface area contributed by atoms with Crippen LogP contribution < -0.4 is 0 Å². The average molecular weight is 232 g/mol. The van der Waals surface area contributed by atoms with Crippen LogP contribution in [0.1, 0.15) is 39.0 Å². The third kappa shape index (κ3) is 1.55. The van der Waals surface area contributed by atoms with Gasteiger partial charge in [-0.2, -0.15) is 0 Å². The topological polar surface area (TPSA) is 0 Å². The fourth-order valence-corrected chi connectivity index (χ4v) is 10.1. The zero-order valence-electron chi connectivity index (χ0n) is 10.5. The molecule has 1 heterocycles. The molecule has 1 saturated carbocycles. The predicted molar refractivity (Wildman–Crippen MR) is 73.4 cm³/mol. The van der Waals surface area contributed by atoms with Gasteiger partial charge in [0, 0.05) is 0 Å². The van der Waals surface area contributed by atoms with E-state index in [0.29, 0.717) is 0 Å². The number of allylic oxidation sites excluding steroid dienone is 4. The van der Waals surface area contributed by atoms with Crippen molar-refractivity contribution in [1.29, 1.82) is 0 Å². The first-order valence-electron chi connectivity index (χ1n) is 7.22. The molecule has 88 valence electrons. The SMILES string of the molecule is CCC[Si]1(C2CCC3CC=CC=C32)CCC1. The monoisotopic (exact) mass is 232 g/mol. The molecule has 2 fully saturated rings. The van der Waals surface area contributed by atoms with Gasteiger partial charge in [0.15, 0.2) is 0 Å². The van der Waals surface area contributed by atoms with E-state index < -0.39 is 8.07 Å². The van der Waals surface area contributed by atoms with E-state index in [-0.39, 0.29) is 0 Å². The molecule has 0 aromatic carbocycles. The Morgan fingerprint density at radius 2 is 2.19 bits per heavy atom. The third-order valence-corrected chi connectivity index (χ3v) is 11.7. The molecule has 2 atom stereocenters. The van der Waals surface area contributed by atoms with Gasteiger partial charge in [-0.05, 0) is 30.7 Å². The molecule has 0 aromatic heterocycles. The second-order valence-corrected chi connectivity index (χ2v) is 11.0. The molecule has 0 radical (unpaired) electrons. The molecule has 2 unspecified atom stereocenters. The maximum Gasteiger partial charge on any atom is 0.0608 e. The maximum absolute atomic E-state index is 2.49. The Kier molecular flexibility index (Phi) is 2.83. The summed E-state index contributed by atoms with van der Waals surface area (Å²) < 4.78 is 0. The minimum absolute atomic E-state index is 0.820. The van der Waals surface area contributed by atoms with E-state index in [1.54, 1.807) is 31.0 Å². The molecule has 0 bridgehead atoms. The van der Waals surface area contributed by atoms with Gasteiger partial charge in [0.05, 0.1) is 8.07 Å². The van der Waals surface area contributed by atoms with Crippen molar-refractivity contribution in [2.24, 2.45) is 5.92 Å². The quantitative estimate of drug-likeness (QED) is 0.606. The van der Waals surface area contributed by atoms with Crippen LogP contribution in [-0.4, -0.2) is 8.07 Å². The standard InChI is InChI=1S/C15H24Si/c1-2-10-16(11-5-12-16)15-9-8-13-6-3-4-7-14(13)15/h3-4,7,13,15H,2,5-6,8-12H2,1H3. The van der Waals surface area contributed by atoms with Crippen LogP contribution in [0.4, 0.5) is 0 Å². The van der Waals surface area contributed by atoms with Crippen molar-refractivity contribution < 1.29 is 0 Å². The Hall–Kier alpha value is -0.303. The Morgan fingerprint density at radius 3 is 2.88 bits per heavy atom. The highest BCUT2D eigenvalue weighted by Gasteiger charge is 2.49. The van der Waals surface area contributed by atoms with E-state index in [4.69, 9.17) is 0 Å². The lowest BCUT2D eigenvalue weighted by Gasteiger charge is -2.46. The molecule has 16 heavy (non-hydrogen) atoms. The molecule has 1 aliphatic heterocycles. The molecule has 0 aromatic rings. The number of hydrogen-bond donors (Lipinski definition) is 0. The Labute approximate surface area is 101 Å². The molecular formula is C15H24Si. The highest BCUT2D eigenvalue weighted by Crippen LogP contribution is 2.57. The zero-order chi connectivity index (χ0) is 11.0. The summed E-state index contributed by atoms with van der Waals surface area (Å²) in [5, 5.41) is 0. The molecule has 1 saturated heterocycles. The number of rotatable bonds is 3. The average Bonchev–Trinajstić information content (AvgIpc) is 2.68. The fraction of sp³-hybridized carbons (Fsp3) is 0.733. The van der Waals surface area contributed by atoms with E-state index in [1.165, 1.54) is 19.3 Å². The van der Waals surface area contributed by atoms with Crippen molar-refractivity contribution in [3.05, 3.63) is 23.8 Å². The van der Waals surface area contributed by atoms with Crippen molar-refractivity contribution in [2.75, 3.05) is 0 Å². The summed E-state index contributed by atoms with van der Waals surface area (Å²) in [4.78, 5) is 0. The molecular weight excluding hydrogens is 208 g/mol. The van der Waals surface area contributed by atoms with Crippen LogP contribution in [0.5, 0.6) is 0 Å². The van der Waals surface area contributed by atoms with Crippen LogP contribution in [0.3, 0.4) is 0 Å². The van der Waals surface area contributed by atoms with Gasteiger partial charge in [0.25, 0.3) is 0 Å². The van der Waals surface area contributed by atoms with Gasteiger partial charge in [-0.15, -0.1) is 0 Å². The second kappa shape index (κ2) is 4.18. The largest absolute Gasteiger partial charge is 0.0839 e. The van der Waals surface area contributed by atoms with E-state index in [9.17, 15) is 0 Å². The minimum atomic E-state index is -0.820. The Morgan fingerprint density at radius 1 is 1.31 bits per heavy atom. The first kappa shape index (κ1) is 10.8. The summed E-state index contributed by atoms with van der Waals surface area (Å²) >= 11 is 0. The Balaban J connectivity index is 1.83. The van der Waals surface area contributed by atoms with Crippen molar-refractivity contribution in [3.8, 4) is 0 Å². The zero-order valence-corrected chi connectivity index (χ0v) is 11.5. The van der Waals surface area contributed by atoms with E-state index in [2.05, 4.69) is 25.2 Å². The molecule has 1 heteroatoms. The summed E-state index contributed by atoms with van der Waals surface area (Å²) in [6, 6.07) is 4.92. The van der Waals surface area contributed by atoms with E-state index >= 15 is 0 Å². The van der Waals surface area contributed by atoms with Gasteiger partial charge in [-0.25, -0.2) is 0 Å². The first-order valence-corrected chi connectivity index (χ1v) is 9.92. The van der Waals surface area contributed by atoms with Gasteiger partial charge in [-0.1, -0.05) is 61.7 Å². The third-order valence-electron chi connectivity index (χ3n) is 5.36. The van der Waals surface area contributed by atoms with Crippen molar-refractivity contribution in [1.82, 2.24) is 0 Å². The lowest BCUT2D eigenvalue weighted by atomic mass is 9.95. The minimum Gasteiger partial charge on any atom is -0.0839 e. The fourth-order valence-electron chi connectivity index (χ4n) is 4.48. The second-order valence-electron chi connectivity index (χ2n) is 6.12. The summed E-state index contributed by atoms with van der Waals surface area (Å²) in [7, 11) is -0.820. The van der Waals surface area contributed by atoms with Crippen LogP contribution in [-0.2, 0) is 0 Å². The summed E-state index contributed by atoms with van der Waals surface area (Å²) in [5.74, 6) is 0.955. The maximum atomic E-state index is 2.49. The summed E-state index contributed by atoms with van der Waals surface area (Å²) in [6.07, 6.45) is 14.6. The smallest absolute Gasteiger partial charge is 0.0608 e. The van der Waals surface area contributed by atoms with Gasteiger partial charge >= 0.3 is 0 Å². The van der Waals surface area contributed by atoms with Crippen LogP contribution in [0.2, 0.25) is 23.7 Å². The first-order chi connectivity index (χ1) is 7.86. The molecule has 2 aliphatic carbocycles. The van der Waals surface area contributed by atoms with Crippen molar-refractivity contribution in [3.63, 3.8) is 0 Å². The van der Waals surface area contributed by atoms with Crippen molar-refractivity contribution >= 4 is 8.07 Å². The van der Waals surface area contributed by atoms with Crippen LogP contribution in [0.25, 0.3) is 0 Å². The lowest BCUT2D eigenvalue weighted by Crippen LogP contribution is -2.45. The van der Waals surface area contributed by atoms with Gasteiger partial charge in [0.2, 0.25) is 0 Å². The van der Waals surface area contributed by atoms with Gasteiger partial charge in [-0.3, -0.25) is 0 Å². The highest BCUT2D eigenvalue weighted by molar-refractivity contribution is 6.84. The summed E-state index contributed by atoms with van der Waals surface area (Å²) in [6.45, 7) is 2.40. The molecule has 0 N–H and O–H groups in total. The molecule has 3 aliphatic rings. The van der Waals surface area contributed by atoms with E-state index in [1.807, 2.05) is 5.57 Å². The normalized spacial score (nSPS) is 35.4. The van der Waals surface area contributed by atoms with Gasteiger partial charge < -0.3 is 0 Å². The van der Waals surface area contributed by atoms with Crippen molar-refractivity contribution in [2.45, 2.75) is 62.7 Å². The molecule has 3 rings (SSSR count). The molecule has 0 nitrogen and oxygen atoms in total. The summed E-state index contributed by atoms with van der Waals surface area (Å²) in [5.41, 5.74) is 2.98. The highest BCUT2D eigenvalue weighted by atomic mass is 28.3. The molecule has 0 amide bonds. The predicted octanol–water partition coefficient (Wildman–Crippen LogP) is 4.92. The van der Waals surface area contributed by atoms with Crippen LogP contribution >= 0.6 is 0 Å².